The molecule has 71 heavy (non-hydrogen) atoms. The quantitative estimate of drug-likeness (QED) is 0.162. The highest BCUT2D eigenvalue weighted by molar-refractivity contribution is 5.95. The standard InChI is InChI=1S/C49H46.C22H26/c1-46(2,3)32-21-24-36-37-25-22-33(47(4,5)6)29-44(37)49(43(36)28-32)40-18-12-9-15-34(40)35-23-20-30(27-42(35)49)26-31-14-13-19-41-45(31)38-16-10-11-17-39(38)48(41,7)8;1-15-9-8-12-18-19(15)21(4,5)14-22(18)13-20(2,3)16-10-6-7-11-17(16)22/h9-25,27-29H,26H2,1-8H3;6-12H,13-14H2,1-5H3. The average molecular weight is 925 g/mol. The van der Waals surface area contributed by atoms with Crippen LogP contribution in [0.25, 0.3) is 33.4 Å². The van der Waals surface area contributed by atoms with Crippen LogP contribution in [0.5, 0.6) is 0 Å². The zero-order valence-electron chi connectivity index (χ0n) is 44.7. The number of hydrogen-bond acceptors (Lipinski definition) is 0. The van der Waals surface area contributed by atoms with Gasteiger partial charge in [0.1, 0.15) is 0 Å². The van der Waals surface area contributed by atoms with Crippen molar-refractivity contribution in [1.82, 2.24) is 0 Å². The molecule has 0 aromatic heterocycles. The summed E-state index contributed by atoms with van der Waals surface area (Å²) in [4.78, 5) is 0. The topological polar surface area (TPSA) is 0 Å². The van der Waals surface area contributed by atoms with Crippen LogP contribution in [0.3, 0.4) is 0 Å². The van der Waals surface area contributed by atoms with E-state index in [9.17, 15) is 0 Å². The molecule has 0 radical (unpaired) electrons. The fourth-order valence-electron chi connectivity index (χ4n) is 15.2. The van der Waals surface area contributed by atoms with Gasteiger partial charge >= 0.3 is 0 Å². The van der Waals surface area contributed by atoms with Crippen molar-refractivity contribution in [2.45, 2.75) is 147 Å². The molecule has 13 rings (SSSR count). The highest BCUT2D eigenvalue weighted by Crippen LogP contribution is 2.65. The van der Waals surface area contributed by atoms with Gasteiger partial charge in [-0.1, -0.05) is 247 Å². The molecule has 5 aliphatic rings. The Hall–Kier alpha value is -6.24. The summed E-state index contributed by atoms with van der Waals surface area (Å²) < 4.78 is 0. The van der Waals surface area contributed by atoms with E-state index in [0.717, 1.165) is 6.42 Å². The highest BCUT2D eigenvalue weighted by atomic mass is 14.6. The molecular formula is C71H72. The predicted molar refractivity (Wildman–Crippen MR) is 301 cm³/mol. The van der Waals surface area contributed by atoms with Crippen molar-refractivity contribution in [3.63, 3.8) is 0 Å². The lowest BCUT2D eigenvalue weighted by Crippen LogP contribution is -2.27. The minimum Gasteiger partial charge on any atom is -0.0620 e. The van der Waals surface area contributed by atoms with Crippen molar-refractivity contribution < 1.29 is 0 Å². The van der Waals surface area contributed by atoms with Crippen LogP contribution in [0.1, 0.15) is 179 Å². The molecule has 0 amide bonds. The minimum atomic E-state index is -0.373. The molecule has 8 aromatic rings. The van der Waals surface area contributed by atoms with E-state index < -0.39 is 0 Å². The molecule has 0 bridgehead atoms. The van der Waals surface area contributed by atoms with E-state index in [1.807, 2.05) is 0 Å². The van der Waals surface area contributed by atoms with Gasteiger partial charge in [0.25, 0.3) is 0 Å². The first-order chi connectivity index (χ1) is 33.6. The van der Waals surface area contributed by atoms with Crippen molar-refractivity contribution in [2.24, 2.45) is 0 Å². The number of rotatable bonds is 2. The number of aryl methyl sites for hydroxylation is 1. The van der Waals surface area contributed by atoms with Crippen LogP contribution in [0, 0.1) is 6.92 Å². The zero-order chi connectivity index (χ0) is 49.8. The van der Waals surface area contributed by atoms with E-state index in [4.69, 9.17) is 0 Å². The van der Waals surface area contributed by atoms with Crippen molar-refractivity contribution in [3.8, 4) is 33.4 Å². The lowest BCUT2D eigenvalue weighted by Gasteiger charge is -2.33. The van der Waals surface area contributed by atoms with Gasteiger partial charge in [0.05, 0.1) is 5.41 Å². The maximum atomic E-state index is 2.58. The van der Waals surface area contributed by atoms with Crippen LogP contribution < -0.4 is 0 Å². The molecule has 0 aliphatic heterocycles. The van der Waals surface area contributed by atoms with Gasteiger partial charge in [-0.2, -0.15) is 0 Å². The normalized spacial score (nSPS) is 19.2. The summed E-state index contributed by atoms with van der Waals surface area (Å²) in [5, 5.41) is 0. The maximum absolute atomic E-state index is 2.58. The largest absolute Gasteiger partial charge is 0.0725 e. The molecule has 0 N–H and O–H groups in total. The summed E-state index contributed by atoms with van der Waals surface area (Å²) in [5.41, 5.74) is 30.7. The van der Waals surface area contributed by atoms with Gasteiger partial charge < -0.3 is 0 Å². The van der Waals surface area contributed by atoms with Gasteiger partial charge in [-0.3, -0.25) is 0 Å². The highest BCUT2D eigenvalue weighted by Gasteiger charge is 2.57. The molecule has 0 heterocycles. The molecule has 0 saturated carbocycles. The summed E-state index contributed by atoms with van der Waals surface area (Å²) >= 11 is 0. The van der Waals surface area contributed by atoms with Crippen LogP contribution in [0.15, 0.2) is 164 Å². The molecule has 0 heteroatoms. The van der Waals surface area contributed by atoms with Crippen molar-refractivity contribution >= 4 is 0 Å². The summed E-state index contributed by atoms with van der Waals surface area (Å²) in [6, 6.07) is 63.4. The molecule has 0 nitrogen and oxygen atoms in total. The first-order valence-electron chi connectivity index (χ1n) is 26.6. The predicted octanol–water partition coefficient (Wildman–Crippen LogP) is 18.2. The molecular weight excluding hydrogens is 853 g/mol. The molecule has 2 spiro atoms. The minimum absolute atomic E-state index is 0.00162. The second-order valence-electron chi connectivity index (χ2n) is 26.1. The molecule has 8 aromatic carbocycles. The lowest BCUT2D eigenvalue weighted by atomic mass is 9.68. The second-order valence-corrected chi connectivity index (χ2v) is 26.1. The van der Waals surface area contributed by atoms with Gasteiger partial charge in [-0.05, 0) is 165 Å². The Morgan fingerprint density at radius 1 is 0.394 bits per heavy atom. The van der Waals surface area contributed by atoms with E-state index in [1.165, 1.54) is 107 Å². The molecule has 1 atom stereocenters. The molecule has 0 saturated heterocycles. The Bertz CT molecular complexity index is 3450. The number of fused-ring (bicyclic) bond motifs is 17. The third-order valence-corrected chi connectivity index (χ3v) is 18.2. The summed E-state index contributed by atoms with van der Waals surface area (Å²) in [6.45, 7) is 30.8. The van der Waals surface area contributed by atoms with Gasteiger partial charge in [0.15, 0.2) is 0 Å². The Balaban J connectivity index is 0.000000196. The third-order valence-electron chi connectivity index (χ3n) is 18.2. The van der Waals surface area contributed by atoms with Crippen LogP contribution in [0.2, 0.25) is 0 Å². The summed E-state index contributed by atoms with van der Waals surface area (Å²) in [7, 11) is 0. The van der Waals surface area contributed by atoms with Crippen LogP contribution in [-0.4, -0.2) is 0 Å². The monoisotopic (exact) mass is 925 g/mol. The van der Waals surface area contributed by atoms with Gasteiger partial charge in [0.2, 0.25) is 0 Å². The van der Waals surface area contributed by atoms with E-state index in [2.05, 4.69) is 254 Å². The smallest absolute Gasteiger partial charge is 0.0620 e. The summed E-state index contributed by atoms with van der Waals surface area (Å²) in [6.07, 6.45) is 3.37. The summed E-state index contributed by atoms with van der Waals surface area (Å²) in [5.74, 6) is 0. The van der Waals surface area contributed by atoms with E-state index >= 15 is 0 Å². The van der Waals surface area contributed by atoms with Crippen LogP contribution in [-0.2, 0) is 44.3 Å². The lowest BCUT2D eigenvalue weighted by molar-refractivity contribution is 0.349. The number of hydrogen-bond donors (Lipinski definition) is 0. The van der Waals surface area contributed by atoms with Gasteiger partial charge in [-0.25, -0.2) is 0 Å². The number of benzene rings is 8. The maximum Gasteiger partial charge on any atom is 0.0725 e. The van der Waals surface area contributed by atoms with Crippen molar-refractivity contribution in [2.75, 3.05) is 0 Å². The van der Waals surface area contributed by atoms with Crippen molar-refractivity contribution in [1.29, 1.82) is 0 Å². The fraction of sp³-hybridized carbons (Fsp3) is 0.324. The van der Waals surface area contributed by atoms with E-state index in [1.54, 1.807) is 22.3 Å². The fourth-order valence-corrected chi connectivity index (χ4v) is 15.2. The average Bonchev–Trinajstić information content (AvgIpc) is 4.02. The molecule has 1 unspecified atom stereocenters. The SMILES string of the molecule is CC(C)(C)c1ccc2c(c1)C1(c3ccccc3-c3ccc(Cc4cccc5c4-c4ccccc4C5(C)C)cc31)c1cc(C(C)(C)C)ccc1-2.Cc1cccc2c1C(C)(C)CC21CC(C)(C)c2ccccc21. The Labute approximate surface area is 425 Å². The molecule has 356 valence electrons. The first kappa shape index (κ1) is 45.9. The Kier molecular flexibility index (Phi) is 9.79. The van der Waals surface area contributed by atoms with Crippen LogP contribution >= 0.6 is 0 Å². The van der Waals surface area contributed by atoms with E-state index in [-0.39, 0.29) is 37.9 Å². The van der Waals surface area contributed by atoms with E-state index in [0.29, 0.717) is 0 Å². The van der Waals surface area contributed by atoms with Crippen LogP contribution in [0.4, 0.5) is 0 Å². The van der Waals surface area contributed by atoms with Gasteiger partial charge in [0, 0.05) is 10.8 Å². The Morgan fingerprint density at radius 3 is 1.51 bits per heavy atom. The first-order valence-corrected chi connectivity index (χ1v) is 26.6. The Morgan fingerprint density at radius 2 is 0.873 bits per heavy atom. The third kappa shape index (κ3) is 6.48. The molecule has 5 aliphatic carbocycles. The molecule has 0 fully saturated rings. The second kappa shape index (κ2) is 15.1. The van der Waals surface area contributed by atoms with Gasteiger partial charge in [-0.15, -0.1) is 0 Å². The van der Waals surface area contributed by atoms with Crippen molar-refractivity contribution in [3.05, 3.63) is 247 Å². The zero-order valence-corrected chi connectivity index (χ0v) is 44.7.